The highest BCUT2D eigenvalue weighted by Gasteiger charge is 2.19. The maximum absolute atomic E-state index is 11.7. The van der Waals surface area contributed by atoms with Gasteiger partial charge in [-0.3, -0.25) is 9.69 Å². The molecule has 3 rings (SSSR count). The van der Waals surface area contributed by atoms with E-state index in [0.29, 0.717) is 13.0 Å². The number of esters is 1. The van der Waals surface area contributed by atoms with E-state index < -0.39 is 0 Å². The van der Waals surface area contributed by atoms with Gasteiger partial charge in [-0.1, -0.05) is 0 Å². The molecule has 4 nitrogen and oxygen atoms in total. The quantitative estimate of drug-likeness (QED) is 0.804. The van der Waals surface area contributed by atoms with Crippen LogP contribution in [-0.4, -0.2) is 29.1 Å². The topological polar surface area (TPSA) is 34.5 Å². The lowest BCUT2D eigenvalue weighted by atomic mass is 10.0. The Morgan fingerprint density at radius 2 is 1.95 bits per heavy atom. The van der Waals surface area contributed by atoms with Crippen LogP contribution in [0.1, 0.15) is 23.6 Å². The first-order chi connectivity index (χ1) is 9.58. The molecule has 1 aliphatic rings. The largest absolute Gasteiger partial charge is 0.466 e. The Morgan fingerprint density at radius 3 is 2.65 bits per heavy atom. The molecule has 0 saturated carbocycles. The summed E-state index contributed by atoms with van der Waals surface area (Å²) in [5, 5.41) is 1.18. The van der Waals surface area contributed by atoms with Gasteiger partial charge in [0.1, 0.15) is 0 Å². The predicted molar refractivity (Wildman–Crippen MR) is 78.4 cm³/mol. The Kier molecular flexibility index (Phi) is 3.26. The van der Waals surface area contributed by atoms with Crippen LogP contribution in [0, 0.1) is 0 Å². The lowest BCUT2D eigenvalue weighted by molar-refractivity contribution is -0.142. The number of carbonyl (C=O) groups excluding carboxylic acids is 1. The van der Waals surface area contributed by atoms with Crippen molar-refractivity contribution in [3.63, 3.8) is 0 Å². The van der Waals surface area contributed by atoms with Crippen LogP contribution in [0.4, 0.5) is 0 Å². The molecule has 0 amide bonds. The minimum Gasteiger partial charge on any atom is -0.466 e. The van der Waals surface area contributed by atoms with Crippen LogP contribution in [0.5, 0.6) is 0 Å². The van der Waals surface area contributed by atoms with E-state index >= 15 is 0 Å². The maximum atomic E-state index is 11.7. The minimum absolute atomic E-state index is 0.155. The first-order valence-corrected chi connectivity index (χ1v) is 7.02. The van der Waals surface area contributed by atoms with Crippen molar-refractivity contribution in [1.82, 2.24) is 9.47 Å². The summed E-state index contributed by atoms with van der Waals surface area (Å²) in [6.07, 6.45) is 2.39. The van der Waals surface area contributed by atoms with Gasteiger partial charge >= 0.3 is 5.97 Å². The summed E-state index contributed by atoms with van der Waals surface area (Å²) in [7, 11) is 4.16. The van der Waals surface area contributed by atoms with Crippen molar-refractivity contribution in [2.45, 2.75) is 26.4 Å². The van der Waals surface area contributed by atoms with Gasteiger partial charge in [-0.05, 0) is 42.8 Å². The van der Waals surface area contributed by atoms with Gasteiger partial charge < -0.3 is 9.30 Å². The molecule has 1 aromatic carbocycles. The molecule has 2 heterocycles. The van der Waals surface area contributed by atoms with Gasteiger partial charge in [0.25, 0.3) is 0 Å². The zero-order valence-electron chi connectivity index (χ0n) is 12.3. The summed E-state index contributed by atoms with van der Waals surface area (Å²) in [5.41, 5.74) is 5.01. The molecule has 1 aliphatic heterocycles. The number of rotatable bonds is 3. The molecule has 106 valence electrons. The molecule has 1 aromatic heterocycles. The predicted octanol–water partition coefficient (Wildman–Crippen LogP) is 2.23. The molecule has 20 heavy (non-hydrogen) atoms. The summed E-state index contributed by atoms with van der Waals surface area (Å²) in [5.74, 6) is -0.155. The third-order valence-electron chi connectivity index (χ3n) is 3.91. The Labute approximate surface area is 118 Å². The molecule has 0 spiro atoms. The number of nitrogens with zero attached hydrogens (tertiary/aromatic N) is 2. The molecular formula is C16H20N2O2. The molecule has 0 N–H and O–H groups in total. The SMILES string of the molecule is CCOC(=O)Cc1cn(C)c2cc3c(cc12)CN(C)C3. The molecule has 2 aromatic rings. The van der Waals surface area contributed by atoms with Gasteiger partial charge in [-0.15, -0.1) is 0 Å². The van der Waals surface area contributed by atoms with Crippen molar-refractivity contribution in [3.05, 3.63) is 35.0 Å². The fourth-order valence-electron chi connectivity index (χ4n) is 3.04. The van der Waals surface area contributed by atoms with Gasteiger partial charge in [0.2, 0.25) is 0 Å². The number of fused-ring (bicyclic) bond motifs is 2. The number of hydrogen-bond donors (Lipinski definition) is 0. The monoisotopic (exact) mass is 272 g/mol. The number of ether oxygens (including phenoxy) is 1. The van der Waals surface area contributed by atoms with Crippen molar-refractivity contribution < 1.29 is 9.53 Å². The van der Waals surface area contributed by atoms with E-state index in [4.69, 9.17) is 4.74 Å². The van der Waals surface area contributed by atoms with Crippen molar-refractivity contribution >= 4 is 16.9 Å². The molecule has 0 unspecified atom stereocenters. The standard InChI is InChI=1S/C16H20N2O2/c1-4-20-16(19)7-13-10-18(3)15-6-12-9-17(2)8-11(12)5-14(13)15/h5-6,10H,4,7-9H2,1-3H3. The molecule has 0 saturated heterocycles. The van der Waals surface area contributed by atoms with Crippen LogP contribution in [-0.2, 0) is 36.1 Å². The zero-order valence-corrected chi connectivity index (χ0v) is 12.3. The fraction of sp³-hybridized carbons (Fsp3) is 0.438. The molecule has 4 heteroatoms. The van der Waals surface area contributed by atoms with Crippen molar-refractivity contribution in [2.75, 3.05) is 13.7 Å². The maximum Gasteiger partial charge on any atom is 0.310 e. The van der Waals surface area contributed by atoms with Gasteiger partial charge in [0.15, 0.2) is 0 Å². The van der Waals surface area contributed by atoms with E-state index in [1.54, 1.807) is 0 Å². The minimum atomic E-state index is -0.155. The molecule has 0 bridgehead atoms. The summed E-state index contributed by atoms with van der Waals surface area (Å²) >= 11 is 0. The second-order valence-corrected chi connectivity index (χ2v) is 5.56. The number of aromatic nitrogens is 1. The average Bonchev–Trinajstić information content (AvgIpc) is 2.88. The van der Waals surface area contributed by atoms with E-state index in [0.717, 1.165) is 18.7 Å². The molecular weight excluding hydrogens is 252 g/mol. The first-order valence-electron chi connectivity index (χ1n) is 7.02. The van der Waals surface area contributed by atoms with Gasteiger partial charge in [-0.2, -0.15) is 0 Å². The van der Waals surface area contributed by atoms with Crippen LogP contribution < -0.4 is 0 Å². The highest BCUT2D eigenvalue weighted by Crippen LogP contribution is 2.30. The lowest BCUT2D eigenvalue weighted by Crippen LogP contribution is -2.07. The molecule has 0 aliphatic carbocycles. The second-order valence-electron chi connectivity index (χ2n) is 5.56. The van der Waals surface area contributed by atoms with E-state index in [1.165, 1.54) is 22.0 Å². The lowest BCUT2D eigenvalue weighted by Gasteiger charge is -2.03. The Hall–Kier alpha value is -1.81. The molecule has 0 fully saturated rings. The summed E-state index contributed by atoms with van der Waals surface area (Å²) in [4.78, 5) is 14.0. The third kappa shape index (κ3) is 2.20. The van der Waals surface area contributed by atoms with Gasteiger partial charge in [0, 0.05) is 37.2 Å². The highest BCUT2D eigenvalue weighted by atomic mass is 16.5. The van der Waals surface area contributed by atoms with E-state index in [9.17, 15) is 4.79 Å². The van der Waals surface area contributed by atoms with Crippen molar-refractivity contribution in [1.29, 1.82) is 0 Å². The van der Waals surface area contributed by atoms with E-state index in [2.05, 4.69) is 28.6 Å². The van der Waals surface area contributed by atoms with Crippen LogP contribution in [0.2, 0.25) is 0 Å². The van der Waals surface area contributed by atoms with Crippen LogP contribution in [0.15, 0.2) is 18.3 Å². The highest BCUT2D eigenvalue weighted by molar-refractivity contribution is 5.89. The Morgan fingerprint density at radius 1 is 1.25 bits per heavy atom. The van der Waals surface area contributed by atoms with E-state index in [-0.39, 0.29) is 5.97 Å². The molecule has 0 atom stereocenters. The third-order valence-corrected chi connectivity index (χ3v) is 3.91. The van der Waals surface area contributed by atoms with Gasteiger partial charge in [0.05, 0.1) is 13.0 Å². The van der Waals surface area contributed by atoms with Crippen molar-refractivity contribution in [3.8, 4) is 0 Å². The van der Waals surface area contributed by atoms with Gasteiger partial charge in [-0.25, -0.2) is 0 Å². The van der Waals surface area contributed by atoms with Crippen LogP contribution >= 0.6 is 0 Å². The normalized spacial score (nSPS) is 14.8. The number of hydrogen-bond acceptors (Lipinski definition) is 3. The average molecular weight is 272 g/mol. The summed E-state index contributed by atoms with van der Waals surface area (Å²) in [6.45, 7) is 4.26. The second kappa shape index (κ2) is 4.94. The summed E-state index contributed by atoms with van der Waals surface area (Å²) in [6, 6.07) is 4.49. The van der Waals surface area contributed by atoms with Crippen molar-refractivity contribution in [2.24, 2.45) is 7.05 Å². The number of benzene rings is 1. The van der Waals surface area contributed by atoms with Crippen LogP contribution in [0.3, 0.4) is 0 Å². The number of aryl methyl sites for hydroxylation is 1. The fourth-order valence-corrected chi connectivity index (χ4v) is 3.04. The zero-order chi connectivity index (χ0) is 14.3. The Bertz CT molecular complexity index is 673. The Balaban J connectivity index is 2.02. The van der Waals surface area contributed by atoms with Crippen LogP contribution in [0.25, 0.3) is 10.9 Å². The molecule has 0 radical (unpaired) electrons. The number of carbonyl (C=O) groups is 1. The summed E-state index contributed by atoms with van der Waals surface area (Å²) < 4.78 is 7.16. The smallest absolute Gasteiger partial charge is 0.310 e. The first kappa shape index (κ1) is 13.2. The van der Waals surface area contributed by atoms with E-state index in [1.807, 2.05) is 20.2 Å².